The van der Waals surface area contributed by atoms with Crippen molar-refractivity contribution in [2.45, 2.75) is 60.9 Å². The van der Waals surface area contributed by atoms with Gasteiger partial charge in [-0.3, -0.25) is 14.7 Å². The standard InChI is InChI=1S/C25H25ClFN3O3S/c1-15(25(31)29-18-5-2-16(26)3-6-18)30-19-7-8-20(30)14-21(13-19)34(32,33)24-10-11-28-23-9-4-17(27)12-22(23)24/h2-6,9-12,15,19-21H,7-8,13-14H2,1H3,(H,29,31). The molecule has 3 unspecified atom stereocenters. The molecule has 5 rings (SSSR count). The quantitative estimate of drug-likeness (QED) is 0.542. The van der Waals surface area contributed by atoms with Crippen LogP contribution in [-0.2, 0) is 14.6 Å². The molecule has 0 radical (unpaired) electrons. The summed E-state index contributed by atoms with van der Waals surface area (Å²) in [5.74, 6) is -0.622. The third kappa shape index (κ3) is 4.19. The Kier molecular flexibility index (Phi) is 6.08. The fourth-order valence-corrected chi connectivity index (χ4v) is 7.64. The van der Waals surface area contributed by atoms with E-state index in [1.165, 1.54) is 30.5 Å². The van der Waals surface area contributed by atoms with Gasteiger partial charge in [0.1, 0.15) is 5.82 Å². The Hall–Kier alpha value is -2.55. The van der Waals surface area contributed by atoms with Crippen molar-refractivity contribution >= 4 is 43.9 Å². The maximum atomic E-state index is 13.9. The first-order valence-corrected chi connectivity index (χ1v) is 13.3. The van der Waals surface area contributed by atoms with Gasteiger partial charge in [0.15, 0.2) is 9.84 Å². The van der Waals surface area contributed by atoms with E-state index in [-0.39, 0.29) is 22.9 Å². The number of carbonyl (C=O) groups is 1. The van der Waals surface area contributed by atoms with Crippen LogP contribution in [0.2, 0.25) is 5.02 Å². The number of pyridine rings is 1. The summed E-state index contributed by atoms with van der Waals surface area (Å²) in [5.41, 5.74) is 1.12. The topological polar surface area (TPSA) is 79.4 Å². The van der Waals surface area contributed by atoms with Crippen LogP contribution in [0, 0.1) is 5.82 Å². The maximum Gasteiger partial charge on any atom is 0.241 e. The van der Waals surface area contributed by atoms with Crippen molar-refractivity contribution < 1.29 is 17.6 Å². The predicted octanol–water partition coefficient (Wildman–Crippen LogP) is 4.82. The van der Waals surface area contributed by atoms with Gasteiger partial charge >= 0.3 is 0 Å². The van der Waals surface area contributed by atoms with Crippen LogP contribution in [0.15, 0.2) is 59.6 Å². The second kappa shape index (κ2) is 8.91. The van der Waals surface area contributed by atoms with E-state index in [0.29, 0.717) is 34.5 Å². The van der Waals surface area contributed by atoms with Gasteiger partial charge in [-0.25, -0.2) is 12.8 Å². The summed E-state index contributed by atoms with van der Waals surface area (Å²) in [4.78, 5) is 19.4. The summed E-state index contributed by atoms with van der Waals surface area (Å²) in [6.07, 6.45) is 4.04. The number of hydrogen-bond donors (Lipinski definition) is 1. The molecule has 3 heterocycles. The molecule has 1 N–H and O–H groups in total. The molecule has 0 aliphatic carbocycles. The average Bonchev–Trinajstić information content (AvgIpc) is 3.07. The van der Waals surface area contributed by atoms with E-state index in [2.05, 4.69) is 15.2 Å². The van der Waals surface area contributed by atoms with E-state index >= 15 is 0 Å². The van der Waals surface area contributed by atoms with Crippen LogP contribution in [0.1, 0.15) is 32.6 Å². The third-order valence-electron chi connectivity index (χ3n) is 7.09. The van der Waals surface area contributed by atoms with Crippen molar-refractivity contribution in [2.24, 2.45) is 0 Å². The van der Waals surface area contributed by atoms with Crippen LogP contribution in [0.5, 0.6) is 0 Å². The number of fused-ring (bicyclic) bond motifs is 3. The second-order valence-electron chi connectivity index (χ2n) is 9.11. The van der Waals surface area contributed by atoms with Gasteiger partial charge in [0, 0.05) is 34.4 Å². The molecule has 9 heteroatoms. The summed E-state index contributed by atoms with van der Waals surface area (Å²) in [5, 5.41) is 3.25. The first kappa shape index (κ1) is 23.2. The fraction of sp³-hybridized carbons (Fsp3) is 0.360. The molecule has 3 aromatic rings. The number of sulfone groups is 1. The van der Waals surface area contributed by atoms with Gasteiger partial charge < -0.3 is 5.32 Å². The van der Waals surface area contributed by atoms with E-state index in [1.807, 2.05) is 6.92 Å². The summed E-state index contributed by atoms with van der Waals surface area (Å²) < 4.78 is 41.2. The van der Waals surface area contributed by atoms with Crippen molar-refractivity contribution in [1.29, 1.82) is 0 Å². The van der Waals surface area contributed by atoms with Gasteiger partial charge in [-0.15, -0.1) is 0 Å². The number of aromatic nitrogens is 1. The second-order valence-corrected chi connectivity index (χ2v) is 11.7. The summed E-state index contributed by atoms with van der Waals surface area (Å²) >= 11 is 5.92. The highest BCUT2D eigenvalue weighted by Gasteiger charge is 2.48. The van der Waals surface area contributed by atoms with Crippen molar-refractivity contribution in [3.63, 3.8) is 0 Å². The highest BCUT2D eigenvalue weighted by molar-refractivity contribution is 7.92. The van der Waals surface area contributed by atoms with Crippen LogP contribution >= 0.6 is 11.6 Å². The van der Waals surface area contributed by atoms with Gasteiger partial charge in [0.2, 0.25) is 5.91 Å². The molecule has 1 aromatic heterocycles. The lowest BCUT2D eigenvalue weighted by Gasteiger charge is -2.41. The number of piperidine rings is 1. The number of hydrogen-bond acceptors (Lipinski definition) is 5. The van der Waals surface area contributed by atoms with Gasteiger partial charge in [0.05, 0.1) is 21.7 Å². The van der Waals surface area contributed by atoms with Crippen molar-refractivity contribution in [1.82, 2.24) is 9.88 Å². The molecule has 3 atom stereocenters. The third-order valence-corrected chi connectivity index (χ3v) is 9.58. The number of carbonyl (C=O) groups excluding carboxylic acids is 1. The predicted molar refractivity (Wildman–Crippen MR) is 130 cm³/mol. The van der Waals surface area contributed by atoms with Crippen molar-refractivity contribution in [3.8, 4) is 0 Å². The Morgan fingerprint density at radius 2 is 1.79 bits per heavy atom. The molecule has 2 aliphatic heterocycles. The van der Waals surface area contributed by atoms with E-state index < -0.39 is 26.9 Å². The Balaban J connectivity index is 1.36. The molecule has 2 aliphatic rings. The Bertz CT molecular complexity index is 1340. The summed E-state index contributed by atoms with van der Waals surface area (Å²) in [7, 11) is -3.70. The molecule has 2 aromatic carbocycles. The molecule has 178 valence electrons. The minimum absolute atomic E-state index is 0.00525. The van der Waals surface area contributed by atoms with Crippen LogP contribution in [-0.4, -0.2) is 47.6 Å². The normalized spacial score (nSPS) is 23.7. The fourth-order valence-electron chi connectivity index (χ4n) is 5.49. The zero-order valence-corrected chi connectivity index (χ0v) is 20.2. The molecular weight excluding hydrogens is 477 g/mol. The molecule has 2 fully saturated rings. The van der Waals surface area contributed by atoms with Gasteiger partial charge in [-0.05, 0) is 81.1 Å². The lowest BCUT2D eigenvalue weighted by atomic mass is 9.99. The van der Waals surface area contributed by atoms with E-state index in [9.17, 15) is 17.6 Å². The zero-order valence-electron chi connectivity index (χ0n) is 18.6. The van der Waals surface area contributed by atoms with Gasteiger partial charge in [0.25, 0.3) is 0 Å². The first-order valence-electron chi connectivity index (χ1n) is 11.4. The van der Waals surface area contributed by atoms with Gasteiger partial charge in [-0.2, -0.15) is 0 Å². The number of rotatable bonds is 5. The summed E-state index contributed by atoms with van der Waals surface area (Å²) in [6, 6.07) is 12.0. The van der Waals surface area contributed by atoms with E-state index in [0.717, 1.165) is 12.8 Å². The number of benzene rings is 2. The molecule has 6 nitrogen and oxygen atoms in total. The van der Waals surface area contributed by atoms with E-state index in [4.69, 9.17) is 11.6 Å². The highest BCUT2D eigenvalue weighted by Crippen LogP contribution is 2.42. The minimum atomic E-state index is -3.70. The number of nitrogens with one attached hydrogen (secondary N) is 1. The molecular formula is C25H25ClFN3O3S. The van der Waals surface area contributed by atoms with Crippen LogP contribution in [0.25, 0.3) is 10.9 Å². The highest BCUT2D eigenvalue weighted by atomic mass is 35.5. The van der Waals surface area contributed by atoms with Crippen LogP contribution in [0.3, 0.4) is 0 Å². The molecule has 0 spiro atoms. The molecule has 2 saturated heterocycles. The molecule has 2 bridgehead atoms. The maximum absolute atomic E-state index is 13.9. The average molecular weight is 502 g/mol. The molecule has 34 heavy (non-hydrogen) atoms. The number of amides is 1. The molecule has 0 saturated carbocycles. The summed E-state index contributed by atoms with van der Waals surface area (Å²) in [6.45, 7) is 1.87. The zero-order chi connectivity index (χ0) is 24.0. The minimum Gasteiger partial charge on any atom is -0.325 e. The Morgan fingerprint density at radius 3 is 2.47 bits per heavy atom. The number of nitrogens with zero attached hydrogens (tertiary/aromatic N) is 2. The Morgan fingerprint density at radius 1 is 1.12 bits per heavy atom. The van der Waals surface area contributed by atoms with Crippen LogP contribution in [0.4, 0.5) is 10.1 Å². The van der Waals surface area contributed by atoms with Gasteiger partial charge in [-0.1, -0.05) is 11.6 Å². The SMILES string of the molecule is CC(C(=O)Nc1ccc(Cl)cc1)N1C2CCC1CC(S(=O)(=O)c1ccnc3ccc(F)cc13)C2. The monoisotopic (exact) mass is 501 g/mol. The largest absolute Gasteiger partial charge is 0.325 e. The number of anilines is 1. The Labute approximate surface area is 203 Å². The number of halogens is 2. The lowest BCUT2D eigenvalue weighted by molar-refractivity contribution is -0.122. The van der Waals surface area contributed by atoms with Crippen molar-refractivity contribution in [3.05, 3.63) is 65.6 Å². The first-order chi connectivity index (χ1) is 16.2. The van der Waals surface area contributed by atoms with Crippen molar-refractivity contribution in [2.75, 3.05) is 5.32 Å². The van der Waals surface area contributed by atoms with E-state index in [1.54, 1.807) is 24.3 Å². The van der Waals surface area contributed by atoms with Crippen LogP contribution < -0.4 is 5.32 Å². The lowest BCUT2D eigenvalue weighted by Crippen LogP contribution is -2.54. The molecule has 1 amide bonds. The smallest absolute Gasteiger partial charge is 0.241 e.